The van der Waals surface area contributed by atoms with Crippen molar-refractivity contribution >= 4 is 0 Å². The molecule has 2 N–H and O–H groups in total. The van der Waals surface area contributed by atoms with Gasteiger partial charge in [-0.2, -0.15) is 0 Å². The predicted molar refractivity (Wildman–Crippen MR) is 54.8 cm³/mol. The van der Waals surface area contributed by atoms with Crippen molar-refractivity contribution in [2.45, 2.75) is 18.9 Å². The Hall–Kier alpha value is -1.00. The highest BCUT2D eigenvalue weighted by Gasteiger charge is 2.21. The lowest BCUT2D eigenvalue weighted by Gasteiger charge is -2.09. The van der Waals surface area contributed by atoms with E-state index in [0.29, 0.717) is 12.5 Å². The summed E-state index contributed by atoms with van der Waals surface area (Å²) in [6.07, 6.45) is 5.04. The van der Waals surface area contributed by atoms with Gasteiger partial charge in [-0.3, -0.25) is 0 Å². The number of likely N-dealkylation sites (N-methyl/N-ethyl adjacent to an activating group) is 1. The first-order valence-electron chi connectivity index (χ1n) is 4.99. The van der Waals surface area contributed by atoms with E-state index in [2.05, 4.69) is 21.9 Å². The van der Waals surface area contributed by atoms with Crippen LogP contribution in [0, 0.1) is 0 Å². The number of likely N-dealkylation sites (tertiary alicyclic amines) is 1. The minimum absolute atomic E-state index is 0.421. The molecule has 1 aromatic rings. The van der Waals surface area contributed by atoms with Crippen LogP contribution in [-0.2, 0) is 6.54 Å². The molecule has 0 aliphatic carbocycles. The average molecular weight is 192 g/mol. The Morgan fingerprint density at radius 3 is 2.71 bits per heavy atom. The zero-order valence-electron chi connectivity index (χ0n) is 8.48. The van der Waals surface area contributed by atoms with Crippen LogP contribution in [0.2, 0.25) is 0 Å². The summed E-state index contributed by atoms with van der Waals surface area (Å²) in [5, 5.41) is 0. The molecule has 1 atom stereocenters. The van der Waals surface area contributed by atoms with Gasteiger partial charge in [0.15, 0.2) is 0 Å². The van der Waals surface area contributed by atoms with Crippen molar-refractivity contribution in [1.29, 1.82) is 0 Å². The first-order valence-corrected chi connectivity index (χ1v) is 4.99. The summed E-state index contributed by atoms with van der Waals surface area (Å²) in [5.41, 5.74) is 6.68. The topological polar surface area (TPSA) is 55.0 Å². The fourth-order valence-electron chi connectivity index (χ4n) is 1.89. The Balaban J connectivity index is 2.09. The van der Waals surface area contributed by atoms with Crippen molar-refractivity contribution in [3.05, 3.63) is 23.8 Å². The van der Waals surface area contributed by atoms with E-state index in [0.717, 1.165) is 12.4 Å². The lowest BCUT2D eigenvalue weighted by atomic mass is 10.0. The highest BCUT2D eigenvalue weighted by atomic mass is 15.1. The largest absolute Gasteiger partial charge is 0.324 e. The first kappa shape index (κ1) is 9.55. The van der Waals surface area contributed by atoms with Crippen molar-refractivity contribution < 1.29 is 0 Å². The molecule has 0 radical (unpaired) electrons. The molecular weight excluding hydrogens is 176 g/mol. The number of hydrogen-bond donors (Lipinski definition) is 1. The van der Waals surface area contributed by atoms with Crippen molar-refractivity contribution in [1.82, 2.24) is 14.9 Å². The molecule has 0 aromatic carbocycles. The van der Waals surface area contributed by atoms with Crippen LogP contribution in [0.4, 0.5) is 0 Å². The summed E-state index contributed by atoms with van der Waals surface area (Å²) < 4.78 is 0. The van der Waals surface area contributed by atoms with Crippen LogP contribution >= 0.6 is 0 Å². The van der Waals surface area contributed by atoms with Gasteiger partial charge in [-0.1, -0.05) is 0 Å². The second kappa shape index (κ2) is 4.02. The average Bonchev–Trinajstić information content (AvgIpc) is 2.65. The maximum Gasteiger partial charge on any atom is 0.141 e. The van der Waals surface area contributed by atoms with Gasteiger partial charge in [0.2, 0.25) is 0 Å². The summed E-state index contributed by atoms with van der Waals surface area (Å²) in [7, 11) is 2.15. The number of aromatic nitrogens is 2. The molecule has 1 fully saturated rings. The monoisotopic (exact) mass is 192 g/mol. The van der Waals surface area contributed by atoms with Crippen LogP contribution < -0.4 is 5.73 Å². The van der Waals surface area contributed by atoms with Gasteiger partial charge in [-0.05, 0) is 25.6 Å². The van der Waals surface area contributed by atoms with Gasteiger partial charge in [0.25, 0.3) is 0 Å². The van der Waals surface area contributed by atoms with Gasteiger partial charge >= 0.3 is 0 Å². The summed E-state index contributed by atoms with van der Waals surface area (Å²) in [6.45, 7) is 2.71. The van der Waals surface area contributed by atoms with Crippen molar-refractivity contribution in [3.8, 4) is 0 Å². The zero-order valence-corrected chi connectivity index (χ0v) is 8.48. The minimum Gasteiger partial charge on any atom is -0.324 e. The Morgan fingerprint density at radius 2 is 2.21 bits per heavy atom. The lowest BCUT2D eigenvalue weighted by molar-refractivity contribution is 0.411. The van der Waals surface area contributed by atoms with Gasteiger partial charge in [0.05, 0.1) is 6.54 Å². The smallest absolute Gasteiger partial charge is 0.141 e. The molecule has 4 nitrogen and oxygen atoms in total. The minimum atomic E-state index is 0.421. The zero-order chi connectivity index (χ0) is 9.97. The fraction of sp³-hybridized carbons (Fsp3) is 0.600. The molecule has 4 heteroatoms. The molecule has 2 rings (SSSR count). The summed E-state index contributed by atoms with van der Waals surface area (Å²) in [5.74, 6) is 1.33. The molecule has 14 heavy (non-hydrogen) atoms. The lowest BCUT2D eigenvalue weighted by Crippen LogP contribution is -2.13. The number of nitrogens with two attached hydrogens (primary N) is 1. The van der Waals surface area contributed by atoms with Crippen LogP contribution in [0.3, 0.4) is 0 Å². The van der Waals surface area contributed by atoms with Gasteiger partial charge in [-0.15, -0.1) is 0 Å². The fourth-order valence-corrected chi connectivity index (χ4v) is 1.89. The van der Waals surface area contributed by atoms with E-state index in [-0.39, 0.29) is 0 Å². The highest BCUT2D eigenvalue weighted by molar-refractivity contribution is 5.14. The molecule has 2 heterocycles. The molecule has 0 spiro atoms. The number of hydrogen-bond acceptors (Lipinski definition) is 4. The van der Waals surface area contributed by atoms with E-state index in [4.69, 9.17) is 5.73 Å². The molecule has 1 unspecified atom stereocenters. The van der Waals surface area contributed by atoms with Crippen LogP contribution in [0.15, 0.2) is 12.4 Å². The summed E-state index contributed by atoms with van der Waals surface area (Å²) in [6, 6.07) is 0. The molecule has 76 valence electrons. The van der Waals surface area contributed by atoms with Gasteiger partial charge in [0.1, 0.15) is 5.82 Å². The molecule has 1 aromatic heterocycles. The highest BCUT2D eigenvalue weighted by Crippen LogP contribution is 2.24. The summed E-state index contributed by atoms with van der Waals surface area (Å²) in [4.78, 5) is 10.8. The van der Waals surface area contributed by atoms with Crippen LogP contribution in [0.5, 0.6) is 0 Å². The van der Waals surface area contributed by atoms with Crippen LogP contribution in [0.25, 0.3) is 0 Å². The Labute approximate surface area is 84.2 Å². The van der Waals surface area contributed by atoms with Crippen LogP contribution in [0.1, 0.15) is 23.7 Å². The standard InChI is InChI=1S/C10H16N4/c1-14-3-2-8(7-14)9-5-12-10(4-11)13-6-9/h5-6,8H,2-4,7,11H2,1H3. The van der Waals surface area contributed by atoms with Crippen molar-refractivity contribution in [2.24, 2.45) is 5.73 Å². The second-order valence-corrected chi connectivity index (χ2v) is 3.88. The SMILES string of the molecule is CN1CCC(c2cnc(CN)nc2)C1. The van der Waals surface area contributed by atoms with Gasteiger partial charge < -0.3 is 10.6 Å². The van der Waals surface area contributed by atoms with Gasteiger partial charge in [0, 0.05) is 24.9 Å². The van der Waals surface area contributed by atoms with E-state index < -0.39 is 0 Å². The third-order valence-corrected chi connectivity index (χ3v) is 2.77. The summed E-state index contributed by atoms with van der Waals surface area (Å²) >= 11 is 0. The van der Waals surface area contributed by atoms with Crippen LogP contribution in [-0.4, -0.2) is 35.0 Å². The molecule has 0 amide bonds. The first-order chi connectivity index (χ1) is 6.79. The molecule has 1 aliphatic rings. The predicted octanol–water partition coefficient (Wildman–Crippen LogP) is 0.354. The Bertz CT molecular complexity index is 295. The third kappa shape index (κ3) is 1.91. The number of rotatable bonds is 2. The quantitative estimate of drug-likeness (QED) is 0.735. The normalized spacial score (nSPS) is 22.9. The number of nitrogens with zero attached hydrogens (tertiary/aromatic N) is 3. The van der Waals surface area contributed by atoms with E-state index in [1.54, 1.807) is 0 Å². The Morgan fingerprint density at radius 1 is 1.50 bits per heavy atom. The van der Waals surface area contributed by atoms with E-state index in [9.17, 15) is 0 Å². The molecule has 1 aliphatic heterocycles. The maximum atomic E-state index is 5.44. The molecule has 0 saturated carbocycles. The van der Waals surface area contributed by atoms with Gasteiger partial charge in [-0.25, -0.2) is 9.97 Å². The molecular formula is C10H16N4. The van der Waals surface area contributed by atoms with Crippen molar-refractivity contribution in [3.63, 3.8) is 0 Å². The third-order valence-electron chi connectivity index (χ3n) is 2.77. The van der Waals surface area contributed by atoms with Crippen molar-refractivity contribution in [2.75, 3.05) is 20.1 Å². The second-order valence-electron chi connectivity index (χ2n) is 3.88. The molecule has 0 bridgehead atoms. The van der Waals surface area contributed by atoms with E-state index in [1.165, 1.54) is 18.5 Å². The Kier molecular flexibility index (Phi) is 2.74. The molecule has 1 saturated heterocycles. The maximum absolute atomic E-state index is 5.44. The van der Waals surface area contributed by atoms with E-state index in [1.807, 2.05) is 12.4 Å². The van der Waals surface area contributed by atoms with E-state index >= 15 is 0 Å².